The molecule has 0 spiro atoms. The quantitative estimate of drug-likeness (QED) is 0.628. The van der Waals surface area contributed by atoms with Crippen molar-refractivity contribution in [1.29, 1.82) is 0 Å². The number of hydrogen-bond acceptors (Lipinski definition) is 3. The van der Waals surface area contributed by atoms with Gasteiger partial charge in [-0.15, -0.1) is 11.8 Å². The van der Waals surface area contributed by atoms with Gasteiger partial charge in [-0.25, -0.2) is 9.18 Å². The van der Waals surface area contributed by atoms with Crippen molar-refractivity contribution in [2.24, 2.45) is 5.92 Å². The Morgan fingerprint density at radius 1 is 1.58 bits per heavy atom. The largest absolute Gasteiger partial charge is 0.463 e. The fourth-order valence-corrected chi connectivity index (χ4v) is 1.31. The molecule has 0 amide bonds. The van der Waals surface area contributed by atoms with Crippen molar-refractivity contribution >= 4 is 17.7 Å². The number of carbonyl (C=O) groups excluding carboxylic acids is 1. The number of esters is 1. The molecule has 1 unspecified atom stereocenters. The van der Waals surface area contributed by atoms with Crippen molar-refractivity contribution in [3.63, 3.8) is 0 Å². The lowest BCUT2D eigenvalue weighted by atomic mass is 10.3. The Morgan fingerprint density at radius 2 is 2.17 bits per heavy atom. The third-order valence-electron chi connectivity index (χ3n) is 1.05. The van der Waals surface area contributed by atoms with E-state index in [1.807, 2.05) is 13.8 Å². The molecule has 0 aromatic heterocycles. The number of rotatable bonds is 5. The standard InChI is InChI=1S/C8H15FO2S/c1-4-11-8(10)7(9)12-5-6(2)3/h6-7H,4-5H2,1-3H3. The van der Waals surface area contributed by atoms with E-state index in [2.05, 4.69) is 4.74 Å². The summed E-state index contributed by atoms with van der Waals surface area (Å²) in [5.41, 5.74) is -1.52. The van der Waals surface area contributed by atoms with Crippen molar-refractivity contribution in [1.82, 2.24) is 0 Å². The first-order valence-electron chi connectivity index (χ1n) is 4.00. The molecule has 0 heterocycles. The minimum absolute atomic E-state index is 0.238. The Kier molecular flexibility index (Phi) is 6.16. The molecule has 2 nitrogen and oxygen atoms in total. The van der Waals surface area contributed by atoms with Gasteiger partial charge in [-0.1, -0.05) is 13.8 Å². The van der Waals surface area contributed by atoms with Gasteiger partial charge in [0.25, 0.3) is 0 Å². The topological polar surface area (TPSA) is 26.3 Å². The van der Waals surface area contributed by atoms with Gasteiger partial charge in [-0.05, 0) is 18.6 Å². The summed E-state index contributed by atoms with van der Waals surface area (Å²) in [6.07, 6.45) is 0. The minimum Gasteiger partial charge on any atom is -0.463 e. The summed E-state index contributed by atoms with van der Waals surface area (Å²) in [7, 11) is 0. The van der Waals surface area contributed by atoms with Crippen LogP contribution in [0.3, 0.4) is 0 Å². The van der Waals surface area contributed by atoms with Crippen LogP contribution in [-0.2, 0) is 9.53 Å². The number of halogens is 1. The SMILES string of the molecule is CCOC(=O)C(F)SCC(C)C. The highest BCUT2D eigenvalue weighted by atomic mass is 32.2. The Morgan fingerprint density at radius 3 is 2.58 bits per heavy atom. The molecule has 72 valence electrons. The smallest absolute Gasteiger partial charge is 0.351 e. The van der Waals surface area contributed by atoms with Crippen LogP contribution in [0.4, 0.5) is 4.39 Å². The monoisotopic (exact) mass is 194 g/mol. The molecule has 0 saturated heterocycles. The highest BCUT2D eigenvalue weighted by Gasteiger charge is 2.18. The molecule has 0 aliphatic heterocycles. The zero-order valence-electron chi connectivity index (χ0n) is 7.67. The number of ether oxygens (including phenoxy) is 1. The molecule has 0 N–H and O–H groups in total. The van der Waals surface area contributed by atoms with Gasteiger partial charge < -0.3 is 4.74 Å². The molecule has 0 saturated carbocycles. The van der Waals surface area contributed by atoms with E-state index in [9.17, 15) is 9.18 Å². The Balaban J connectivity index is 3.56. The lowest BCUT2D eigenvalue weighted by molar-refractivity contribution is -0.145. The first-order chi connectivity index (χ1) is 5.57. The van der Waals surface area contributed by atoms with Gasteiger partial charge in [0.1, 0.15) is 0 Å². The molecule has 1 atom stereocenters. The van der Waals surface area contributed by atoms with Crippen LogP contribution in [0.25, 0.3) is 0 Å². The fourth-order valence-electron chi connectivity index (χ4n) is 0.553. The van der Waals surface area contributed by atoms with Crippen LogP contribution in [0.15, 0.2) is 0 Å². The maximum atomic E-state index is 12.8. The highest BCUT2D eigenvalue weighted by molar-refractivity contribution is 8.00. The molecule has 0 bridgehead atoms. The average molecular weight is 194 g/mol. The second kappa shape index (κ2) is 6.29. The van der Waals surface area contributed by atoms with Gasteiger partial charge in [0.15, 0.2) is 0 Å². The Bertz CT molecular complexity index is 139. The Labute approximate surface area is 76.9 Å². The van der Waals surface area contributed by atoms with Gasteiger partial charge in [0, 0.05) is 0 Å². The molecule has 12 heavy (non-hydrogen) atoms. The molecular weight excluding hydrogens is 179 g/mol. The van der Waals surface area contributed by atoms with Gasteiger partial charge >= 0.3 is 5.97 Å². The molecule has 0 radical (unpaired) electrons. The van der Waals surface area contributed by atoms with Gasteiger partial charge in [-0.3, -0.25) is 0 Å². The fraction of sp³-hybridized carbons (Fsp3) is 0.875. The van der Waals surface area contributed by atoms with Crippen LogP contribution in [0.5, 0.6) is 0 Å². The molecule has 0 fully saturated rings. The lowest BCUT2D eigenvalue weighted by Gasteiger charge is -2.08. The normalized spacial score (nSPS) is 13.1. The predicted molar refractivity (Wildman–Crippen MR) is 48.8 cm³/mol. The maximum absolute atomic E-state index is 12.8. The van der Waals surface area contributed by atoms with Gasteiger partial charge in [0.05, 0.1) is 6.61 Å². The predicted octanol–water partition coefficient (Wildman–Crippen LogP) is 2.23. The number of carbonyl (C=O) groups is 1. The summed E-state index contributed by atoms with van der Waals surface area (Å²) < 4.78 is 17.3. The molecule has 0 aromatic rings. The summed E-state index contributed by atoms with van der Waals surface area (Å²) in [6, 6.07) is 0. The van der Waals surface area contributed by atoms with Crippen molar-refractivity contribution in [2.45, 2.75) is 26.3 Å². The van der Waals surface area contributed by atoms with Crippen LogP contribution >= 0.6 is 11.8 Å². The van der Waals surface area contributed by atoms with E-state index < -0.39 is 11.5 Å². The summed E-state index contributed by atoms with van der Waals surface area (Å²) in [5, 5.41) is 0. The number of alkyl halides is 1. The first-order valence-corrected chi connectivity index (χ1v) is 5.05. The van der Waals surface area contributed by atoms with E-state index in [1.54, 1.807) is 6.92 Å². The van der Waals surface area contributed by atoms with E-state index in [-0.39, 0.29) is 6.61 Å². The Hall–Kier alpha value is -0.250. The van der Waals surface area contributed by atoms with Crippen molar-refractivity contribution in [2.75, 3.05) is 12.4 Å². The van der Waals surface area contributed by atoms with Crippen molar-refractivity contribution in [3.8, 4) is 0 Å². The van der Waals surface area contributed by atoms with Gasteiger partial charge in [-0.2, -0.15) is 0 Å². The van der Waals surface area contributed by atoms with Gasteiger partial charge in [0.2, 0.25) is 5.50 Å². The second-order valence-corrected chi connectivity index (χ2v) is 3.88. The molecular formula is C8H15FO2S. The van der Waals surface area contributed by atoms with Crippen LogP contribution in [0.1, 0.15) is 20.8 Å². The van der Waals surface area contributed by atoms with Crippen LogP contribution in [0.2, 0.25) is 0 Å². The van der Waals surface area contributed by atoms with Crippen molar-refractivity contribution in [3.05, 3.63) is 0 Å². The number of hydrogen-bond donors (Lipinski definition) is 0. The van der Waals surface area contributed by atoms with E-state index in [4.69, 9.17) is 0 Å². The molecule has 0 aromatic carbocycles. The maximum Gasteiger partial charge on any atom is 0.351 e. The minimum atomic E-state index is -1.52. The second-order valence-electron chi connectivity index (χ2n) is 2.80. The molecule has 4 heteroatoms. The highest BCUT2D eigenvalue weighted by Crippen LogP contribution is 2.17. The van der Waals surface area contributed by atoms with E-state index in [1.165, 1.54) is 0 Å². The lowest BCUT2D eigenvalue weighted by Crippen LogP contribution is -2.16. The third kappa shape index (κ3) is 5.41. The zero-order chi connectivity index (χ0) is 9.56. The van der Waals surface area contributed by atoms with Crippen LogP contribution in [-0.4, -0.2) is 23.8 Å². The summed E-state index contributed by atoms with van der Waals surface area (Å²) >= 11 is 0.991. The summed E-state index contributed by atoms with van der Waals surface area (Å²) in [5.74, 6) is 0.269. The average Bonchev–Trinajstić information content (AvgIpc) is 2.00. The van der Waals surface area contributed by atoms with E-state index in [0.29, 0.717) is 11.7 Å². The zero-order valence-corrected chi connectivity index (χ0v) is 8.49. The van der Waals surface area contributed by atoms with Crippen LogP contribution in [0, 0.1) is 5.92 Å². The summed E-state index contributed by atoms with van der Waals surface area (Å²) in [4.78, 5) is 10.7. The molecule has 0 aliphatic carbocycles. The summed E-state index contributed by atoms with van der Waals surface area (Å²) in [6.45, 7) is 5.86. The number of thioether (sulfide) groups is 1. The third-order valence-corrected chi connectivity index (χ3v) is 2.39. The first kappa shape index (κ1) is 11.8. The van der Waals surface area contributed by atoms with Crippen molar-refractivity contribution < 1.29 is 13.9 Å². The van der Waals surface area contributed by atoms with E-state index in [0.717, 1.165) is 11.8 Å². The van der Waals surface area contributed by atoms with Crippen LogP contribution < -0.4 is 0 Å². The molecule has 0 rings (SSSR count). The van der Waals surface area contributed by atoms with E-state index >= 15 is 0 Å². The molecule has 0 aliphatic rings.